The molecule has 0 radical (unpaired) electrons. The second kappa shape index (κ2) is 7.47. The molecule has 0 spiro atoms. The molecule has 7 nitrogen and oxygen atoms in total. The van der Waals surface area contributed by atoms with Gasteiger partial charge in [0.2, 0.25) is 5.13 Å². The maximum atomic E-state index is 12.0. The molecule has 23 heavy (non-hydrogen) atoms. The van der Waals surface area contributed by atoms with E-state index in [1.807, 2.05) is 6.07 Å². The van der Waals surface area contributed by atoms with Crippen LogP contribution in [0.1, 0.15) is 36.0 Å². The summed E-state index contributed by atoms with van der Waals surface area (Å²) in [7, 11) is 0. The Morgan fingerprint density at radius 1 is 1.39 bits per heavy atom. The lowest BCUT2D eigenvalue weighted by Gasteiger charge is -2.20. The molecule has 2 heterocycles. The lowest BCUT2D eigenvalue weighted by molar-refractivity contribution is 0.102. The number of carbonyl (C=O) groups excluding carboxylic acids is 1. The Morgan fingerprint density at radius 2 is 2.30 bits per heavy atom. The van der Waals surface area contributed by atoms with Gasteiger partial charge >= 0.3 is 0 Å². The number of aliphatic hydroxyl groups is 1. The van der Waals surface area contributed by atoms with Crippen molar-refractivity contribution in [1.82, 2.24) is 15.2 Å². The van der Waals surface area contributed by atoms with E-state index in [1.165, 1.54) is 17.8 Å². The third-order valence-corrected chi connectivity index (χ3v) is 4.71. The third kappa shape index (κ3) is 4.02. The van der Waals surface area contributed by atoms with Crippen molar-refractivity contribution in [2.75, 3.05) is 17.2 Å². The van der Waals surface area contributed by atoms with Gasteiger partial charge in [0.05, 0.1) is 5.56 Å². The largest absolute Gasteiger partial charge is 0.396 e. The predicted molar refractivity (Wildman–Crippen MR) is 88.6 cm³/mol. The number of aliphatic hydroxyl groups excluding tert-OH is 1. The highest BCUT2D eigenvalue weighted by molar-refractivity contribution is 7.13. The van der Waals surface area contributed by atoms with Crippen molar-refractivity contribution >= 4 is 28.2 Å². The van der Waals surface area contributed by atoms with Crippen LogP contribution in [0.5, 0.6) is 0 Å². The van der Waals surface area contributed by atoms with Crippen LogP contribution < -0.4 is 10.6 Å². The van der Waals surface area contributed by atoms with E-state index >= 15 is 0 Å². The lowest BCUT2D eigenvalue weighted by atomic mass is 10.00. The first-order valence-corrected chi connectivity index (χ1v) is 8.55. The van der Waals surface area contributed by atoms with Crippen LogP contribution in [-0.2, 0) is 0 Å². The summed E-state index contributed by atoms with van der Waals surface area (Å²) in [6.45, 7) is 0.223. The number of hydrogen-bond acceptors (Lipinski definition) is 7. The number of aromatic nitrogens is 3. The molecule has 0 bridgehead atoms. The standard InChI is InChI=1S/C15H19N5O2S/c21-7-6-10-2-1-3-12(10)18-13-5-4-11(8-16-13)14(22)19-15-20-17-9-23-15/h4-5,8-10,12,21H,1-3,6-7H2,(H,16,18)(H,19,20,22). The van der Waals surface area contributed by atoms with Crippen LogP contribution in [0.25, 0.3) is 0 Å². The van der Waals surface area contributed by atoms with E-state index in [2.05, 4.69) is 25.8 Å². The fourth-order valence-corrected chi connectivity index (χ4v) is 3.38. The Labute approximate surface area is 138 Å². The molecule has 2 aromatic rings. The Hall–Kier alpha value is -2.06. The fourth-order valence-electron chi connectivity index (χ4n) is 2.94. The quantitative estimate of drug-likeness (QED) is 0.749. The number of nitrogens with zero attached hydrogens (tertiary/aromatic N) is 3. The zero-order valence-corrected chi connectivity index (χ0v) is 13.4. The van der Waals surface area contributed by atoms with Gasteiger partial charge in [0.1, 0.15) is 11.3 Å². The van der Waals surface area contributed by atoms with E-state index in [0.29, 0.717) is 22.7 Å². The number of anilines is 2. The monoisotopic (exact) mass is 333 g/mol. The molecule has 3 N–H and O–H groups in total. The van der Waals surface area contributed by atoms with Gasteiger partial charge in [-0.3, -0.25) is 10.1 Å². The minimum absolute atomic E-state index is 0.223. The molecule has 2 atom stereocenters. The van der Waals surface area contributed by atoms with Gasteiger partial charge in [0, 0.05) is 18.8 Å². The van der Waals surface area contributed by atoms with E-state index in [4.69, 9.17) is 5.11 Å². The molecule has 2 unspecified atom stereocenters. The maximum absolute atomic E-state index is 12.0. The smallest absolute Gasteiger partial charge is 0.259 e. The van der Waals surface area contributed by atoms with E-state index in [0.717, 1.165) is 25.1 Å². The van der Waals surface area contributed by atoms with Gasteiger partial charge in [-0.05, 0) is 37.3 Å². The van der Waals surface area contributed by atoms with Crippen LogP contribution in [0.3, 0.4) is 0 Å². The van der Waals surface area contributed by atoms with Crippen LogP contribution in [0.4, 0.5) is 10.9 Å². The SMILES string of the molecule is O=C(Nc1nncs1)c1ccc(NC2CCCC2CCO)nc1. The molecule has 1 fully saturated rings. The summed E-state index contributed by atoms with van der Waals surface area (Å²) in [4.78, 5) is 16.4. The number of hydrogen-bond donors (Lipinski definition) is 3. The van der Waals surface area contributed by atoms with Crippen molar-refractivity contribution in [2.45, 2.75) is 31.7 Å². The van der Waals surface area contributed by atoms with Crippen LogP contribution in [0.15, 0.2) is 23.8 Å². The first kappa shape index (κ1) is 15.8. The van der Waals surface area contributed by atoms with E-state index < -0.39 is 0 Å². The summed E-state index contributed by atoms with van der Waals surface area (Å²) in [6.07, 6.45) is 5.77. The van der Waals surface area contributed by atoms with Gasteiger partial charge < -0.3 is 10.4 Å². The molecule has 1 aliphatic rings. The molecule has 0 aliphatic heterocycles. The van der Waals surface area contributed by atoms with Crippen molar-refractivity contribution in [2.24, 2.45) is 5.92 Å². The number of amides is 1. The Kier molecular flexibility index (Phi) is 5.14. The van der Waals surface area contributed by atoms with E-state index in [1.54, 1.807) is 17.8 Å². The second-order valence-electron chi connectivity index (χ2n) is 5.58. The van der Waals surface area contributed by atoms with Gasteiger partial charge in [0.25, 0.3) is 5.91 Å². The fraction of sp³-hybridized carbons (Fsp3) is 0.467. The van der Waals surface area contributed by atoms with Gasteiger partial charge in [-0.15, -0.1) is 10.2 Å². The molecular formula is C15H19N5O2S. The van der Waals surface area contributed by atoms with Crippen LogP contribution in [-0.4, -0.2) is 38.8 Å². The highest BCUT2D eigenvalue weighted by atomic mass is 32.1. The molecule has 1 aliphatic carbocycles. The lowest BCUT2D eigenvalue weighted by Crippen LogP contribution is -2.25. The van der Waals surface area contributed by atoms with E-state index in [-0.39, 0.29) is 12.5 Å². The summed E-state index contributed by atoms with van der Waals surface area (Å²) in [6, 6.07) is 3.89. The Morgan fingerprint density at radius 3 is 3.00 bits per heavy atom. The predicted octanol–water partition coefficient (Wildman–Crippen LogP) is 2.15. The van der Waals surface area contributed by atoms with Gasteiger partial charge in [-0.1, -0.05) is 17.8 Å². The molecule has 2 aromatic heterocycles. The molecule has 3 rings (SSSR count). The van der Waals surface area contributed by atoms with Crippen molar-refractivity contribution in [3.63, 3.8) is 0 Å². The second-order valence-corrected chi connectivity index (χ2v) is 6.42. The van der Waals surface area contributed by atoms with Crippen LogP contribution >= 0.6 is 11.3 Å². The average Bonchev–Trinajstić information content (AvgIpc) is 3.21. The maximum Gasteiger partial charge on any atom is 0.259 e. The van der Waals surface area contributed by atoms with Gasteiger partial charge in [0.15, 0.2) is 0 Å². The summed E-state index contributed by atoms with van der Waals surface area (Å²) in [5.41, 5.74) is 2.04. The molecule has 8 heteroatoms. The first-order chi connectivity index (χ1) is 11.3. The highest BCUT2D eigenvalue weighted by Gasteiger charge is 2.26. The molecule has 1 amide bonds. The molecule has 1 saturated carbocycles. The van der Waals surface area contributed by atoms with Crippen molar-refractivity contribution < 1.29 is 9.90 Å². The molecular weight excluding hydrogens is 314 g/mol. The van der Waals surface area contributed by atoms with Gasteiger partial charge in [-0.25, -0.2) is 4.98 Å². The van der Waals surface area contributed by atoms with Crippen LogP contribution in [0, 0.1) is 5.92 Å². The average molecular weight is 333 g/mol. The normalized spacial score (nSPS) is 20.4. The summed E-state index contributed by atoms with van der Waals surface area (Å²) in [5, 5.41) is 23.1. The molecule has 0 saturated heterocycles. The summed E-state index contributed by atoms with van der Waals surface area (Å²) in [5.74, 6) is 0.995. The topological polar surface area (TPSA) is 100 Å². The molecule has 122 valence electrons. The highest BCUT2D eigenvalue weighted by Crippen LogP contribution is 2.30. The number of carbonyl (C=O) groups is 1. The van der Waals surface area contributed by atoms with Gasteiger partial charge in [-0.2, -0.15) is 0 Å². The number of rotatable bonds is 6. The summed E-state index contributed by atoms with van der Waals surface area (Å²) >= 11 is 1.27. The van der Waals surface area contributed by atoms with Crippen LogP contribution in [0.2, 0.25) is 0 Å². The Bertz CT molecular complexity index is 632. The number of pyridine rings is 1. The van der Waals surface area contributed by atoms with Crippen molar-refractivity contribution in [3.05, 3.63) is 29.4 Å². The summed E-state index contributed by atoms with van der Waals surface area (Å²) < 4.78 is 0. The van der Waals surface area contributed by atoms with Crippen molar-refractivity contribution in [3.8, 4) is 0 Å². The third-order valence-electron chi connectivity index (χ3n) is 4.10. The zero-order valence-electron chi connectivity index (χ0n) is 12.6. The zero-order chi connectivity index (χ0) is 16.1. The minimum atomic E-state index is -0.250. The minimum Gasteiger partial charge on any atom is -0.396 e. The van der Waals surface area contributed by atoms with E-state index in [9.17, 15) is 4.79 Å². The number of nitrogens with one attached hydrogen (secondary N) is 2. The first-order valence-electron chi connectivity index (χ1n) is 7.67. The molecule has 0 aromatic carbocycles. The Balaban J connectivity index is 1.59. The van der Waals surface area contributed by atoms with Crippen molar-refractivity contribution in [1.29, 1.82) is 0 Å².